The number of nitrogens with zero attached hydrogens (tertiary/aromatic N) is 3. The summed E-state index contributed by atoms with van der Waals surface area (Å²) in [6.07, 6.45) is 2.30. The molecule has 0 bridgehead atoms. The van der Waals surface area contributed by atoms with Gasteiger partial charge in [0, 0.05) is 12.2 Å². The summed E-state index contributed by atoms with van der Waals surface area (Å²) in [6.45, 7) is 2.04. The van der Waals surface area contributed by atoms with Crippen LogP contribution in [0.25, 0.3) is 11.0 Å². The molecule has 2 N–H and O–H groups in total. The molecule has 1 amide bonds. The van der Waals surface area contributed by atoms with Crippen LogP contribution in [-0.4, -0.2) is 26.1 Å². The van der Waals surface area contributed by atoms with Crippen molar-refractivity contribution in [2.75, 3.05) is 5.32 Å². The highest BCUT2D eigenvalue weighted by atomic mass is 32.2. The second-order valence-electron chi connectivity index (χ2n) is 5.34. The van der Waals surface area contributed by atoms with Crippen LogP contribution in [0.2, 0.25) is 0 Å². The normalized spacial score (nSPS) is 10.9. The van der Waals surface area contributed by atoms with Gasteiger partial charge in [-0.2, -0.15) is 0 Å². The molecule has 0 atom stereocenters. The van der Waals surface area contributed by atoms with E-state index in [4.69, 9.17) is 0 Å². The molecule has 1 aromatic carbocycles. The minimum absolute atomic E-state index is 0.0535. The first-order valence-electron chi connectivity index (χ1n) is 7.90. The predicted octanol–water partition coefficient (Wildman–Crippen LogP) is 3.20. The first-order valence-corrected chi connectivity index (χ1v) is 9.70. The molecule has 0 aliphatic rings. The molecule has 25 heavy (non-hydrogen) atoms. The van der Waals surface area contributed by atoms with E-state index in [1.807, 2.05) is 31.2 Å². The number of thioether (sulfide) groups is 1. The van der Waals surface area contributed by atoms with Gasteiger partial charge < -0.3 is 10.3 Å². The number of fused-ring (bicyclic) bond motifs is 1. The third kappa shape index (κ3) is 4.64. The predicted molar refractivity (Wildman–Crippen MR) is 100.0 cm³/mol. The number of amides is 1. The Labute approximate surface area is 152 Å². The number of rotatable bonds is 7. The fourth-order valence-corrected chi connectivity index (χ4v) is 3.83. The van der Waals surface area contributed by atoms with Crippen molar-refractivity contribution in [3.05, 3.63) is 40.3 Å². The van der Waals surface area contributed by atoms with Gasteiger partial charge in [-0.15, -0.1) is 10.2 Å². The molecule has 0 saturated carbocycles. The fraction of sp³-hybridized carbons (Fsp3) is 0.312. The van der Waals surface area contributed by atoms with Crippen molar-refractivity contribution in [3.63, 3.8) is 0 Å². The van der Waals surface area contributed by atoms with Gasteiger partial charge in [-0.1, -0.05) is 48.6 Å². The first-order chi connectivity index (χ1) is 12.2. The second-order valence-corrected chi connectivity index (χ2v) is 7.54. The topological polar surface area (TPSA) is 101 Å². The third-order valence-corrected chi connectivity index (χ3v) is 5.40. The van der Waals surface area contributed by atoms with Crippen LogP contribution in [0.4, 0.5) is 5.13 Å². The third-order valence-electron chi connectivity index (χ3n) is 3.41. The van der Waals surface area contributed by atoms with Crippen LogP contribution in [0.3, 0.4) is 0 Å². The summed E-state index contributed by atoms with van der Waals surface area (Å²) in [5.74, 6) is 0.334. The van der Waals surface area contributed by atoms with Crippen molar-refractivity contribution in [1.29, 1.82) is 0 Å². The van der Waals surface area contributed by atoms with Gasteiger partial charge in [0.1, 0.15) is 5.69 Å². The average molecular weight is 375 g/mol. The number of hydrogen-bond donors (Lipinski definition) is 2. The quantitative estimate of drug-likeness (QED) is 0.486. The molecule has 2 heterocycles. The Morgan fingerprint density at radius 1 is 1.32 bits per heavy atom. The summed E-state index contributed by atoms with van der Waals surface area (Å²) in [5.41, 5.74) is 1.70. The van der Waals surface area contributed by atoms with E-state index in [1.165, 1.54) is 23.1 Å². The highest BCUT2D eigenvalue weighted by Crippen LogP contribution is 2.27. The maximum Gasteiger partial charge on any atom is 0.271 e. The van der Waals surface area contributed by atoms with Crippen LogP contribution in [0.5, 0.6) is 0 Å². The zero-order valence-electron chi connectivity index (χ0n) is 13.6. The lowest BCUT2D eigenvalue weighted by Crippen LogP contribution is -2.14. The monoisotopic (exact) mass is 375 g/mol. The van der Waals surface area contributed by atoms with E-state index in [0.29, 0.717) is 32.9 Å². The Morgan fingerprint density at radius 2 is 2.16 bits per heavy atom. The molecule has 0 aliphatic heterocycles. The molecular weight excluding hydrogens is 358 g/mol. The standard InChI is InChI=1S/C16H17N5O2S2/c1-2-3-8-13(22)19-15-20-21-16(25-15)24-9-12-14(23)18-11-7-5-4-6-10(11)17-12/h4-7H,2-3,8-9H2,1H3,(H,18,23)(H,19,20,22). The zero-order chi connectivity index (χ0) is 17.6. The number of hydrogen-bond acceptors (Lipinski definition) is 7. The first kappa shape index (κ1) is 17.6. The number of unbranched alkanes of at least 4 members (excludes halogenated alkanes) is 1. The van der Waals surface area contributed by atoms with E-state index < -0.39 is 0 Å². The Bertz CT molecular complexity index is 937. The number of aromatic amines is 1. The molecular formula is C16H17N5O2S2. The van der Waals surface area contributed by atoms with E-state index in [0.717, 1.165) is 18.4 Å². The smallest absolute Gasteiger partial charge is 0.271 e. The number of anilines is 1. The molecule has 0 spiro atoms. The molecule has 9 heteroatoms. The summed E-state index contributed by atoms with van der Waals surface area (Å²) < 4.78 is 0.681. The highest BCUT2D eigenvalue weighted by molar-refractivity contribution is 8.00. The number of carbonyl (C=O) groups is 1. The summed E-state index contributed by atoms with van der Waals surface area (Å²) >= 11 is 2.67. The number of H-pyrrole nitrogens is 1. The molecule has 0 unspecified atom stereocenters. The largest absolute Gasteiger partial charge is 0.319 e. The van der Waals surface area contributed by atoms with Crippen molar-refractivity contribution in [2.45, 2.75) is 36.3 Å². The van der Waals surface area contributed by atoms with Crippen LogP contribution in [0, 0.1) is 0 Å². The summed E-state index contributed by atoms with van der Waals surface area (Å²) in [4.78, 5) is 31.0. The van der Waals surface area contributed by atoms with E-state index in [9.17, 15) is 9.59 Å². The van der Waals surface area contributed by atoms with Gasteiger partial charge in [-0.3, -0.25) is 9.59 Å². The summed E-state index contributed by atoms with van der Waals surface area (Å²) in [6, 6.07) is 7.40. The van der Waals surface area contributed by atoms with E-state index in [-0.39, 0.29) is 11.5 Å². The van der Waals surface area contributed by atoms with Gasteiger partial charge in [0.15, 0.2) is 4.34 Å². The van der Waals surface area contributed by atoms with Crippen molar-refractivity contribution in [1.82, 2.24) is 20.2 Å². The van der Waals surface area contributed by atoms with Crippen molar-refractivity contribution in [3.8, 4) is 0 Å². The van der Waals surface area contributed by atoms with Crippen molar-refractivity contribution in [2.24, 2.45) is 0 Å². The van der Waals surface area contributed by atoms with Gasteiger partial charge in [-0.25, -0.2) is 4.98 Å². The lowest BCUT2D eigenvalue weighted by atomic mass is 10.2. The van der Waals surface area contributed by atoms with Crippen molar-refractivity contribution < 1.29 is 4.79 Å². The van der Waals surface area contributed by atoms with Crippen LogP contribution < -0.4 is 10.9 Å². The van der Waals surface area contributed by atoms with Gasteiger partial charge in [0.05, 0.1) is 11.0 Å². The lowest BCUT2D eigenvalue weighted by molar-refractivity contribution is -0.116. The SMILES string of the molecule is CCCCC(=O)Nc1nnc(SCc2nc3ccccc3[nH]c2=O)s1. The van der Waals surface area contributed by atoms with Gasteiger partial charge in [0.25, 0.3) is 5.56 Å². The van der Waals surface area contributed by atoms with E-state index in [2.05, 4.69) is 25.5 Å². The maximum absolute atomic E-state index is 12.1. The van der Waals surface area contributed by atoms with Crippen LogP contribution >= 0.6 is 23.1 Å². The molecule has 3 aromatic rings. The Morgan fingerprint density at radius 3 is 3.00 bits per heavy atom. The molecule has 130 valence electrons. The molecule has 0 fully saturated rings. The summed E-state index contributed by atoms with van der Waals surface area (Å²) in [5, 5.41) is 11.2. The minimum atomic E-state index is -0.205. The number of benzene rings is 1. The minimum Gasteiger partial charge on any atom is -0.319 e. The fourth-order valence-electron chi connectivity index (χ4n) is 2.13. The second kappa shape index (κ2) is 8.21. The van der Waals surface area contributed by atoms with Crippen LogP contribution in [0.1, 0.15) is 31.9 Å². The highest BCUT2D eigenvalue weighted by Gasteiger charge is 2.11. The zero-order valence-corrected chi connectivity index (χ0v) is 15.2. The van der Waals surface area contributed by atoms with Gasteiger partial charge in [-0.05, 0) is 18.6 Å². The number of aromatic nitrogens is 4. The van der Waals surface area contributed by atoms with Crippen LogP contribution in [0.15, 0.2) is 33.4 Å². The Kier molecular flexibility index (Phi) is 5.77. The average Bonchev–Trinajstić information content (AvgIpc) is 3.05. The number of para-hydroxylation sites is 2. The van der Waals surface area contributed by atoms with Crippen LogP contribution in [-0.2, 0) is 10.5 Å². The molecule has 0 saturated heterocycles. The van der Waals surface area contributed by atoms with E-state index in [1.54, 1.807) is 0 Å². The molecule has 7 nitrogen and oxygen atoms in total. The number of nitrogens with one attached hydrogen (secondary N) is 2. The Hall–Kier alpha value is -2.26. The summed E-state index contributed by atoms with van der Waals surface area (Å²) in [7, 11) is 0. The lowest BCUT2D eigenvalue weighted by Gasteiger charge is -2.01. The molecule has 2 aromatic heterocycles. The maximum atomic E-state index is 12.1. The Balaban J connectivity index is 1.63. The van der Waals surface area contributed by atoms with E-state index >= 15 is 0 Å². The van der Waals surface area contributed by atoms with Gasteiger partial charge in [0.2, 0.25) is 11.0 Å². The van der Waals surface area contributed by atoms with Crippen molar-refractivity contribution >= 4 is 45.2 Å². The molecule has 3 rings (SSSR count). The molecule has 0 radical (unpaired) electrons. The molecule has 0 aliphatic carbocycles. The van der Waals surface area contributed by atoms with Gasteiger partial charge >= 0.3 is 0 Å². The number of carbonyl (C=O) groups excluding carboxylic acids is 1.